The summed E-state index contributed by atoms with van der Waals surface area (Å²) in [5.74, 6) is 1.29. The number of hydrogen-bond acceptors (Lipinski definition) is 1. The molecular formula is C15H22Cl2O. The fourth-order valence-electron chi connectivity index (χ4n) is 1.68. The molecule has 0 saturated carbocycles. The van der Waals surface area contributed by atoms with E-state index < -0.39 is 0 Å². The monoisotopic (exact) mass is 288 g/mol. The lowest BCUT2D eigenvalue weighted by Gasteiger charge is -2.29. The van der Waals surface area contributed by atoms with Crippen LogP contribution in [0.2, 0.25) is 5.02 Å². The van der Waals surface area contributed by atoms with Gasteiger partial charge in [0.15, 0.2) is 0 Å². The second kappa shape index (κ2) is 6.16. The Balaban J connectivity index is 2.81. The third kappa shape index (κ3) is 4.07. The third-order valence-corrected chi connectivity index (χ3v) is 4.32. The van der Waals surface area contributed by atoms with Gasteiger partial charge in [0.25, 0.3) is 0 Å². The Labute approximate surface area is 120 Å². The molecule has 0 aliphatic rings. The van der Waals surface area contributed by atoms with Crippen molar-refractivity contribution in [3.63, 3.8) is 0 Å². The Morgan fingerprint density at radius 3 is 2.33 bits per heavy atom. The molecule has 0 bridgehead atoms. The lowest BCUT2D eigenvalue weighted by Crippen LogP contribution is -2.18. The van der Waals surface area contributed by atoms with Gasteiger partial charge in [-0.05, 0) is 35.4 Å². The topological polar surface area (TPSA) is 9.23 Å². The number of rotatable bonds is 4. The number of hydrogen-bond donors (Lipinski definition) is 0. The lowest BCUT2D eigenvalue weighted by molar-refractivity contribution is 0.245. The zero-order valence-corrected chi connectivity index (χ0v) is 13.3. The van der Waals surface area contributed by atoms with Crippen molar-refractivity contribution in [3.05, 3.63) is 28.8 Å². The first-order chi connectivity index (χ1) is 8.25. The first-order valence-electron chi connectivity index (χ1n) is 6.23. The lowest BCUT2D eigenvalue weighted by atomic mass is 9.79. The SMILES string of the molecule is COc1ccc(C(Cl)CC(C)C(C)(C)C)c(Cl)c1. The van der Waals surface area contributed by atoms with Gasteiger partial charge in [-0.15, -0.1) is 11.6 Å². The first kappa shape index (κ1) is 15.7. The largest absolute Gasteiger partial charge is 0.497 e. The average molecular weight is 289 g/mol. The van der Waals surface area contributed by atoms with Gasteiger partial charge >= 0.3 is 0 Å². The number of benzene rings is 1. The summed E-state index contributed by atoms with van der Waals surface area (Å²) in [7, 11) is 1.63. The molecule has 0 spiro atoms. The number of ether oxygens (including phenoxy) is 1. The molecule has 0 fully saturated rings. The minimum absolute atomic E-state index is 0.0577. The van der Waals surface area contributed by atoms with E-state index in [2.05, 4.69) is 27.7 Å². The molecule has 1 nitrogen and oxygen atoms in total. The second-order valence-corrected chi connectivity index (χ2v) is 6.79. The van der Waals surface area contributed by atoms with Crippen LogP contribution in [0.1, 0.15) is 45.1 Å². The van der Waals surface area contributed by atoms with Crippen LogP contribution in [0.25, 0.3) is 0 Å². The van der Waals surface area contributed by atoms with E-state index in [0.29, 0.717) is 10.9 Å². The van der Waals surface area contributed by atoms with Crippen molar-refractivity contribution in [1.29, 1.82) is 0 Å². The summed E-state index contributed by atoms with van der Waals surface area (Å²) < 4.78 is 5.14. The van der Waals surface area contributed by atoms with Gasteiger partial charge in [0, 0.05) is 5.02 Å². The molecule has 18 heavy (non-hydrogen) atoms. The molecule has 3 heteroatoms. The summed E-state index contributed by atoms with van der Waals surface area (Å²) in [6, 6.07) is 5.67. The third-order valence-electron chi connectivity index (χ3n) is 3.58. The van der Waals surface area contributed by atoms with Gasteiger partial charge in [0.2, 0.25) is 0 Å². The fourth-order valence-corrected chi connectivity index (χ4v) is 2.50. The van der Waals surface area contributed by atoms with Crippen molar-refractivity contribution in [1.82, 2.24) is 0 Å². The zero-order valence-electron chi connectivity index (χ0n) is 11.8. The summed E-state index contributed by atoms with van der Waals surface area (Å²) in [6.07, 6.45) is 0.914. The maximum atomic E-state index is 6.48. The summed E-state index contributed by atoms with van der Waals surface area (Å²) in [5, 5.41) is 0.619. The van der Waals surface area contributed by atoms with E-state index in [1.807, 2.05) is 18.2 Å². The van der Waals surface area contributed by atoms with Crippen molar-refractivity contribution in [2.24, 2.45) is 11.3 Å². The Morgan fingerprint density at radius 1 is 1.28 bits per heavy atom. The smallest absolute Gasteiger partial charge is 0.120 e. The molecule has 0 N–H and O–H groups in total. The van der Waals surface area contributed by atoms with Crippen LogP contribution < -0.4 is 4.74 Å². The normalized spacial score (nSPS) is 15.3. The molecule has 2 unspecified atom stereocenters. The average Bonchev–Trinajstić information content (AvgIpc) is 2.27. The van der Waals surface area contributed by atoms with E-state index in [1.165, 1.54) is 0 Å². The quantitative estimate of drug-likeness (QED) is 0.646. The van der Waals surface area contributed by atoms with Crippen LogP contribution in [0.4, 0.5) is 0 Å². The maximum absolute atomic E-state index is 6.48. The first-order valence-corrected chi connectivity index (χ1v) is 7.04. The van der Waals surface area contributed by atoms with E-state index in [-0.39, 0.29) is 10.8 Å². The van der Waals surface area contributed by atoms with E-state index in [0.717, 1.165) is 17.7 Å². The predicted octanol–water partition coefficient (Wildman–Crippen LogP) is 5.70. The Kier molecular flexibility index (Phi) is 5.36. The number of alkyl halides is 1. The molecule has 1 rings (SSSR count). The molecule has 0 heterocycles. The molecular weight excluding hydrogens is 267 g/mol. The summed E-state index contributed by atoms with van der Waals surface area (Å²) in [4.78, 5) is 0. The molecule has 1 aromatic rings. The van der Waals surface area contributed by atoms with Crippen molar-refractivity contribution >= 4 is 23.2 Å². The minimum Gasteiger partial charge on any atom is -0.497 e. The molecule has 0 aliphatic carbocycles. The molecule has 0 aliphatic heterocycles. The van der Waals surface area contributed by atoms with Gasteiger partial charge in [0.1, 0.15) is 5.75 Å². The number of methoxy groups -OCH3 is 1. The number of halogens is 2. The van der Waals surface area contributed by atoms with Crippen molar-refractivity contribution in [2.45, 2.75) is 39.5 Å². The Hall–Kier alpha value is -0.400. The summed E-state index contributed by atoms with van der Waals surface area (Å²) in [6.45, 7) is 8.93. The summed E-state index contributed by atoms with van der Waals surface area (Å²) >= 11 is 12.7. The van der Waals surface area contributed by atoms with Crippen molar-refractivity contribution in [3.8, 4) is 5.75 Å². The van der Waals surface area contributed by atoms with Crippen LogP contribution in [0.15, 0.2) is 18.2 Å². The van der Waals surface area contributed by atoms with Crippen LogP contribution in [0.5, 0.6) is 5.75 Å². The highest BCUT2D eigenvalue weighted by Gasteiger charge is 2.24. The molecule has 2 atom stereocenters. The second-order valence-electron chi connectivity index (χ2n) is 5.86. The van der Waals surface area contributed by atoms with Crippen LogP contribution in [-0.4, -0.2) is 7.11 Å². The van der Waals surface area contributed by atoms with E-state index in [1.54, 1.807) is 7.11 Å². The molecule has 1 aromatic carbocycles. The minimum atomic E-state index is -0.0577. The highest BCUT2D eigenvalue weighted by Crippen LogP contribution is 2.39. The highest BCUT2D eigenvalue weighted by molar-refractivity contribution is 6.32. The van der Waals surface area contributed by atoms with Crippen molar-refractivity contribution < 1.29 is 4.74 Å². The fraction of sp³-hybridized carbons (Fsp3) is 0.600. The van der Waals surface area contributed by atoms with Crippen molar-refractivity contribution in [2.75, 3.05) is 7.11 Å². The van der Waals surface area contributed by atoms with Gasteiger partial charge in [-0.1, -0.05) is 45.4 Å². The van der Waals surface area contributed by atoms with Crippen LogP contribution in [0, 0.1) is 11.3 Å². The van der Waals surface area contributed by atoms with Gasteiger partial charge in [0.05, 0.1) is 12.5 Å². The molecule has 0 aromatic heterocycles. The van der Waals surface area contributed by atoms with Gasteiger partial charge in [-0.3, -0.25) is 0 Å². The van der Waals surface area contributed by atoms with E-state index >= 15 is 0 Å². The predicted molar refractivity (Wildman–Crippen MR) is 79.8 cm³/mol. The Morgan fingerprint density at radius 2 is 1.89 bits per heavy atom. The standard InChI is InChI=1S/C15H22Cl2O/c1-10(15(2,3)4)8-13(16)12-7-6-11(18-5)9-14(12)17/h6-7,9-10,13H,8H2,1-5H3. The molecule has 0 saturated heterocycles. The molecule has 0 amide bonds. The molecule has 102 valence electrons. The summed E-state index contributed by atoms with van der Waals surface area (Å²) in [5.41, 5.74) is 1.24. The molecule has 0 radical (unpaired) electrons. The van der Waals surface area contributed by atoms with Crippen LogP contribution >= 0.6 is 23.2 Å². The van der Waals surface area contributed by atoms with Gasteiger partial charge in [-0.25, -0.2) is 0 Å². The Bertz CT molecular complexity index is 396. The van der Waals surface area contributed by atoms with Gasteiger partial charge in [-0.2, -0.15) is 0 Å². The maximum Gasteiger partial charge on any atom is 0.120 e. The van der Waals surface area contributed by atoms with Crippen LogP contribution in [0.3, 0.4) is 0 Å². The van der Waals surface area contributed by atoms with Gasteiger partial charge < -0.3 is 4.74 Å². The van der Waals surface area contributed by atoms with E-state index in [9.17, 15) is 0 Å². The highest BCUT2D eigenvalue weighted by atomic mass is 35.5. The van der Waals surface area contributed by atoms with Crippen LogP contribution in [-0.2, 0) is 0 Å². The zero-order chi connectivity index (χ0) is 13.9. The van der Waals surface area contributed by atoms with E-state index in [4.69, 9.17) is 27.9 Å².